The molecule has 2 N–H and O–H groups in total. The number of furan rings is 1. The van der Waals surface area contributed by atoms with Crippen molar-refractivity contribution in [2.45, 2.75) is 12.5 Å². The summed E-state index contributed by atoms with van der Waals surface area (Å²) in [5.74, 6) is 0.989. The molecule has 2 heterocycles. The van der Waals surface area contributed by atoms with E-state index < -0.39 is 5.54 Å². The van der Waals surface area contributed by atoms with Gasteiger partial charge in [0.1, 0.15) is 5.54 Å². The number of hydrogen-bond donors (Lipinski definition) is 1. The quantitative estimate of drug-likeness (QED) is 0.899. The predicted molar refractivity (Wildman–Crippen MR) is 60.4 cm³/mol. The van der Waals surface area contributed by atoms with E-state index in [0.29, 0.717) is 11.6 Å². The third-order valence-corrected chi connectivity index (χ3v) is 2.37. The normalized spacial score (nSPS) is 14.8. The Bertz CT molecular complexity index is 506. The first-order valence-corrected chi connectivity index (χ1v) is 5.28. The Hall–Kier alpha value is -1.37. The van der Waals surface area contributed by atoms with Crippen LogP contribution in [0.1, 0.15) is 12.7 Å². The molecule has 0 radical (unpaired) electrons. The lowest BCUT2D eigenvalue weighted by molar-refractivity contribution is 0.135. The molecule has 2 aromatic rings. The van der Waals surface area contributed by atoms with Crippen molar-refractivity contribution in [1.29, 1.82) is 0 Å². The van der Waals surface area contributed by atoms with E-state index in [1.165, 1.54) is 0 Å². The van der Waals surface area contributed by atoms with Crippen LogP contribution in [0.15, 0.2) is 21.1 Å². The van der Waals surface area contributed by atoms with Crippen LogP contribution in [0.2, 0.25) is 5.22 Å². The second-order valence-corrected chi connectivity index (χ2v) is 4.25. The Labute approximate surface area is 103 Å². The molecule has 0 aliphatic heterocycles. The van der Waals surface area contributed by atoms with Crippen molar-refractivity contribution >= 4 is 11.6 Å². The van der Waals surface area contributed by atoms with Gasteiger partial charge in [0, 0.05) is 7.11 Å². The van der Waals surface area contributed by atoms with Gasteiger partial charge in [-0.3, -0.25) is 0 Å². The van der Waals surface area contributed by atoms with E-state index in [1.54, 1.807) is 26.2 Å². The molecule has 0 aromatic carbocycles. The molecular weight excluding hydrogens is 246 g/mol. The van der Waals surface area contributed by atoms with Gasteiger partial charge in [-0.2, -0.15) is 4.98 Å². The molecule has 0 aliphatic carbocycles. The maximum absolute atomic E-state index is 5.98. The number of methoxy groups -OCH3 is 1. The van der Waals surface area contributed by atoms with E-state index >= 15 is 0 Å². The van der Waals surface area contributed by atoms with Gasteiger partial charge in [0.2, 0.25) is 0 Å². The first-order valence-electron chi connectivity index (χ1n) is 4.90. The van der Waals surface area contributed by atoms with E-state index in [-0.39, 0.29) is 17.7 Å². The Balaban J connectivity index is 2.27. The smallest absolute Gasteiger partial charge is 0.293 e. The van der Waals surface area contributed by atoms with Gasteiger partial charge < -0.3 is 19.4 Å². The standard InChI is InChI=1S/C10H12ClN3O3/c1-10(12,5-15-2)9-13-8(17-14-9)6-3-4-7(11)16-6/h3-4H,5,12H2,1-2H3. The van der Waals surface area contributed by atoms with Crippen molar-refractivity contribution < 1.29 is 13.7 Å². The largest absolute Gasteiger partial charge is 0.440 e. The average molecular weight is 258 g/mol. The molecule has 7 heteroatoms. The van der Waals surface area contributed by atoms with Gasteiger partial charge in [-0.15, -0.1) is 0 Å². The fraction of sp³-hybridized carbons (Fsp3) is 0.400. The van der Waals surface area contributed by atoms with Crippen LogP contribution in [-0.4, -0.2) is 23.9 Å². The number of nitrogens with zero attached hydrogens (tertiary/aromatic N) is 2. The Kier molecular flexibility index (Phi) is 3.19. The summed E-state index contributed by atoms with van der Waals surface area (Å²) in [4.78, 5) is 4.15. The fourth-order valence-electron chi connectivity index (χ4n) is 1.35. The second-order valence-electron chi connectivity index (χ2n) is 3.88. The lowest BCUT2D eigenvalue weighted by atomic mass is 10.1. The van der Waals surface area contributed by atoms with Gasteiger partial charge in [0.25, 0.3) is 5.89 Å². The van der Waals surface area contributed by atoms with Crippen molar-refractivity contribution in [2.24, 2.45) is 5.73 Å². The van der Waals surface area contributed by atoms with Crippen LogP contribution in [-0.2, 0) is 10.3 Å². The van der Waals surface area contributed by atoms with Crippen LogP contribution in [0.4, 0.5) is 0 Å². The first kappa shape index (κ1) is 12.1. The number of rotatable bonds is 4. The summed E-state index contributed by atoms with van der Waals surface area (Å²) < 4.78 is 15.2. The van der Waals surface area contributed by atoms with Gasteiger partial charge in [0.05, 0.1) is 6.61 Å². The summed E-state index contributed by atoms with van der Waals surface area (Å²) in [6.07, 6.45) is 0. The number of hydrogen-bond acceptors (Lipinski definition) is 6. The Morgan fingerprint density at radius 2 is 2.29 bits per heavy atom. The molecule has 2 aromatic heterocycles. The third kappa shape index (κ3) is 2.49. The molecule has 0 amide bonds. The van der Waals surface area contributed by atoms with Crippen LogP contribution < -0.4 is 5.73 Å². The molecule has 17 heavy (non-hydrogen) atoms. The summed E-state index contributed by atoms with van der Waals surface area (Å²) in [5.41, 5.74) is 5.17. The van der Waals surface area contributed by atoms with Gasteiger partial charge in [-0.1, -0.05) is 5.16 Å². The molecule has 0 fully saturated rings. The molecule has 0 saturated heterocycles. The van der Waals surface area contributed by atoms with Gasteiger partial charge in [0.15, 0.2) is 16.8 Å². The molecule has 6 nitrogen and oxygen atoms in total. The number of aromatic nitrogens is 2. The minimum Gasteiger partial charge on any atom is -0.440 e. The maximum Gasteiger partial charge on any atom is 0.293 e. The first-order chi connectivity index (χ1) is 8.03. The molecule has 0 saturated carbocycles. The number of ether oxygens (including phenoxy) is 1. The summed E-state index contributed by atoms with van der Waals surface area (Å²) in [7, 11) is 1.55. The van der Waals surface area contributed by atoms with Gasteiger partial charge >= 0.3 is 0 Å². The van der Waals surface area contributed by atoms with E-state index in [0.717, 1.165) is 0 Å². The summed E-state index contributed by atoms with van der Waals surface area (Å²) in [5, 5.41) is 4.05. The van der Waals surface area contributed by atoms with Crippen LogP contribution in [0.3, 0.4) is 0 Å². The lowest BCUT2D eigenvalue weighted by Gasteiger charge is -2.18. The molecular formula is C10H12ClN3O3. The van der Waals surface area contributed by atoms with Crippen LogP contribution in [0.25, 0.3) is 11.7 Å². The second kappa shape index (κ2) is 4.48. The van der Waals surface area contributed by atoms with E-state index in [2.05, 4.69) is 10.1 Å². The molecule has 1 atom stereocenters. The fourth-order valence-corrected chi connectivity index (χ4v) is 1.50. The molecule has 1 unspecified atom stereocenters. The lowest BCUT2D eigenvalue weighted by Crippen LogP contribution is -2.38. The van der Waals surface area contributed by atoms with Crippen molar-refractivity contribution in [3.8, 4) is 11.7 Å². The molecule has 0 aliphatic rings. The van der Waals surface area contributed by atoms with Crippen LogP contribution in [0, 0.1) is 0 Å². The highest BCUT2D eigenvalue weighted by Crippen LogP contribution is 2.25. The van der Waals surface area contributed by atoms with Crippen LogP contribution in [0.5, 0.6) is 0 Å². The molecule has 0 bridgehead atoms. The summed E-state index contributed by atoms with van der Waals surface area (Å²) in [6.45, 7) is 2.03. The topological polar surface area (TPSA) is 87.3 Å². The number of halogens is 1. The molecule has 92 valence electrons. The zero-order chi connectivity index (χ0) is 12.5. The Morgan fingerprint density at radius 1 is 1.53 bits per heavy atom. The highest BCUT2D eigenvalue weighted by atomic mass is 35.5. The Morgan fingerprint density at radius 3 is 2.88 bits per heavy atom. The zero-order valence-electron chi connectivity index (χ0n) is 9.44. The monoisotopic (exact) mass is 257 g/mol. The maximum atomic E-state index is 5.98. The van der Waals surface area contributed by atoms with Crippen LogP contribution >= 0.6 is 11.6 Å². The summed E-state index contributed by atoms with van der Waals surface area (Å²) in [6, 6.07) is 3.24. The molecule has 0 spiro atoms. The van der Waals surface area contributed by atoms with E-state index in [9.17, 15) is 0 Å². The minimum atomic E-state index is -0.813. The average Bonchev–Trinajstić information content (AvgIpc) is 2.85. The zero-order valence-corrected chi connectivity index (χ0v) is 10.2. The van der Waals surface area contributed by atoms with Crippen molar-refractivity contribution in [2.75, 3.05) is 13.7 Å². The molecule has 2 rings (SSSR count). The van der Waals surface area contributed by atoms with Crippen molar-refractivity contribution in [1.82, 2.24) is 10.1 Å². The SMILES string of the molecule is COCC(C)(N)c1noc(-c2ccc(Cl)o2)n1. The van der Waals surface area contributed by atoms with Gasteiger partial charge in [-0.05, 0) is 30.7 Å². The minimum absolute atomic E-state index is 0.236. The van der Waals surface area contributed by atoms with E-state index in [4.69, 9.17) is 31.0 Å². The van der Waals surface area contributed by atoms with Gasteiger partial charge in [-0.25, -0.2) is 0 Å². The number of nitrogens with two attached hydrogens (primary N) is 1. The van der Waals surface area contributed by atoms with E-state index in [1.807, 2.05) is 0 Å². The van der Waals surface area contributed by atoms with Crippen molar-refractivity contribution in [3.63, 3.8) is 0 Å². The van der Waals surface area contributed by atoms with Crippen molar-refractivity contribution in [3.05, 3.63) is 23.2 Å². The highest BCUT2D eigenvalue weighted by Gasteiger charge is 2.28. The third-order valence-electron chi connectivity index (χ3n) is 2.17. The summed E-state index contributed by atoms with van der Waals surface area (Å²) >= 11 is 5.66. The predicted octanol–water partition coefficient (Wildman–Crippen LogP) is 1.80. The highest BCUT2D eigenvalue weighted by molar-refractivity contribution is 6.28.